The van der Waals surface area contributed by atoms with E-state index in [1.165, 1.54) is 178 Å². The Kier molecular flexibility index (Phi) is 12.7. The average molecular weight is 927 g/mol. The molecule has 8 aromatic rings. The van der Waals surface area contributed by atoms with Crippen LogP contribution in [0.2, 0.25) is 0 Å². The maximum absolute atomic E-state index is 2.64. The summed E-state index contributed by atoms with van der Waals surface area (Å²) >= 11 is 0. The monoisotopic (exact) mass is 927 g/mol. The molecule has 71 heavy (non-hydrogen) atoms. The lowest BCUT2D eigenvalue weighted by Gasteiger charge is -2.32. The lowest BCUT2D eigenvalue weighted by atomic mass is 9.81. The van der Waals surface area contributed by atoms with Gasteiger partial charge in [-0.15, -0.1) is 0 Å². The standard InChI is InChI=1S/C69H70N2/c1-69(2)64-28-18-17-27-62(64)68-63(55-23-13-7-14-24-55)47-61(48-65(68)69)71(60-43-39-54(40-44-60)51-19-9-4-3-5-10-20-51)67-46-50-30-34-56-33-29-49(31-35-57(67)36-32-50)45-66(56)70(58-25-15-8-16-26-58)59-41-37-53(38-42-59)52-21-11-6-12-22-52/h7-8,13-18,23-29,32-33,36-48,51-52H,3-6,9-12,19-22,30-31,34-35H2,1-2H3. The topological polar surface area (TPSA) is 6.48 Å². The maximum atomic E-state index is 2.64. The van der Waals surface area contributed by atoms with Gasteiger partial charge in [-0.1, -0.05) is 187 Å². The van der Waals surface area contributed by atoms with Crippen molar-refractivity contribution in [1.82, 2.24) is 0 Å². The van der Waals surface area contributed by atoms with Gasteiger partial charge in [0.05, 0.1) is 0 Å². The molecule has 0 unspecified atom stereocenters. The van der Waals surface area contributed by atoms with Crippen molar-refractivity contribution in [1.29, 1.82) is 0 Å². The third-order valence-electron chi connectivity index (χ3n) is 17.1. The molecular weight excluding hydrogens is 857 g/mol. The van der Waals surface area contributed by atoms with Gasteiger partial charge < -0.3 is 9.80 Å². The summed E-state index contributed by atoms with van der Waals surface area (Å²) in [6.45, 7) is 4.86. The Labute approximate surface area is 424 Å². The van der Waals surface area contributed by atoms with Crippen LogP contribution in [0.4, 0.5) is 34.1 Å². The Morgan fingerprint density at radius 3 is 1.39 bits per heavy atom. The predicted molar refractivity (Wildman–Crippen MR) is 301 cm³/mol. The van der Waals surface area contributed by atoms with Crippen LogP contribution in [0.25, 0.3) is 22.3 Å². The molecule has 0 heterocycles. The highest BCUT2D eigenvalue weighted by Crippen LogP contribution is 2.55. The van der Waals surface area contributed by atoms with Gasteiger partial charge in [-0.05, 0) is 191 Å². The summed E-state index contributed by atoms with van der Waals surface area (Å²) in [7, 11) is 0. The molecule has 0 aromatic heterocycles. The molecule has 0 amide bonds. The van der Waals surface area contributed by atoms with Crippen molar-refractivity contribution >= 4 is 34.1 Å². The zero-order valence-electron chi connectivity index (χ0n) is 42.2. The van der Waals surface area contributed by atoms with Crippen molar-refractivity contribution in [3.63, 3.8) is 0 Å². The minimum absolute atomic E-state index is 0.157. The molecule has 0 N–H and O–H groups in total. The SMILES string of the molecule is CC1(C)c2ccccc2-c2c(-c3ccccc3)cc(N(c3ccc(C4CCCCCCC4)cc3)c3cc4ccc3CCc3ccc(c(N(c5ccccc5)c5ccc(C6CCCCC6)cc5)c3)CC4)cc21. The lowest BCUT2D eigenvalue weighted by molar-refractivity contribution is 0.443. The van der Waals surface area contributed by atoms with Crippen LogP contribution in [0.3, 0.4) is 0 Å². The van der Waals surface area contributed by atoms with Crippen molar-refractivity contribution in [2.24, 2.45) is 0 Å². The van der Waals surface area contributed by atoms with Gasteiger partial charge in [-0.2, -0.15) is 0 Å². The summed E-state index contributed by atoms with van der Waals surface area (Å²) in [6.07, 6.45) is 19.9. The lowest BCUT2D eigenvalue weighted by Crippen LogP contribution is -2.18. The highest BCUT2D eigenvalue weighted by molar-refractivity contribution is 5.96. The van der Waals surface area contributed by atoms with E-state index >= 15 is 0 Å². The number of hydrogen-bond acceptors (Lipinski definition) is 2. The zero-order chi connectivity index (χ0) is 47.7. The fourth-order valence-corrected chi connectivity index (χ4v) is 13.2. The Morgan fingerprint density at radius 1 is 0.366 bits per heavy atom. The fraction of sp³-hybridized carbons (Fsp3) is 0.304. The molecule has 2 fully saturated rings. The van der Waals surface area contributed by atoms with Crippen LogP contribution < -0.4 is 9.80 Å². The Hall–Kier alpha value is -6.64. The second-order valence-electron chi connectivity index (χ2n) is 21.9. The van der Waals surface area contributed by atoms with E-state index in [1.54, 1.807) is 0 Å². The van der Waals surface area contributed by atoms with E-state index in [0.29, 0.717) is 11.8 Å². The summed E-state index contributed by atoms with van der Waals surface area (Å²) in [5.41, 5.74) is 24.0. The quantitative estimate of drug-likeness (QED) is 0.142. The number of aryl methyl sites for hydroxylation is 4. The molecule has 8 aromatic carbocycles. The number of fused-ring (bicyclic) bond motifs is 3. The van der Waals surface area contributed by atoms with Gasteiger partial charge in [0.15, 0.2) is 0 Å². The first-order chi connectivity index (χ1) is 35.0. The predicted octanol–water partition coefficient (Wildman–Crippen LogP) is 19.4. The molecule has 0 spiro atoms. The molecule has 4 bridgehead atoms. The molecule has 7 aliphatic rings. The van der Waals surface area contributed by atoms with Gasteiger partial charge in [-0.25, -0.2) is 0 Å². The van der Waals surface area contributed by atoms with E-state index in [-0.39, 0.29) is 5.41 Å². The average Bonchev–Trinajstić information content (AvgIpc) is 3.64. The molecule has 0 saturated heterocycles. The first-order valence-corrected chi connectivity index (χ1v) is 27.4. The molecular formula is C69H70N2. The minimum atomic E-state index is -0.157. The van der Waals surface area contributed by atoms with Crippen LogP contribution in [0.5, 0.6) is 0 Å². The van der Waals surface area contributed by atoms with Gasteiger partial charge in [0, 0.05) is 39.5 Å². The van der Waals surface area contributed by atoms with Gasteiger partial charge in [0.2, 0.25) is 0 Å². The van der Waals surface area contributed by atoms with Crippen LogP contribution in [0, 0.1) is 0 Å². The molecule has 2 saturated carbocycles. The van der Waals surface area contributed by atoms with E-state index in [9.17, 15) is 0 Å². The Bertz CT molecular complexity index is 3110. The van der Waals surface area contributed by atoms with Crippen LogP contribution in [0.1, 0.15) is 147 Å². The van der Waals surface area contributed by atoms with Crippen molar-refractivity contribution in [3.05, 3.63) is 226 Å². The van der Waals surface area contributed by atoms with Crippen molar-refractivity contribution in [2.75, 3.05) is 9.80 Å². The van der Waals surface area contributed by atoms with Gasteiger partial charge >= 0.3 is 0 Å². The van der Waals surface area contributed by atoms with Gasteiger partial charge in [-0.3, -0.25) is 0 Å². The third-order valence-corrected chi connectivity index (χ3v) is 17.1. The number of rotatable bonds is 9. The fourth-order valence-electron chi connectivity index (χ4n) is 13.2. The largest absolute Gasteiger partial charge is 0.310 e. The smallest absolute Gasteiger partial charge is 0.0496 e. The number of para-hydroxylation sites is 1. The van der Waals surface area contributed by atoms with Crippen molar-refractivity contribution < 1.29 is 0 Å². The van der Waals surface area contributed by atoms with E-state index in [1.807, 2.05) is 0 Å². The molecule has 0 atom stereocenters. The molecule has 2 heteroatoms. The molecule has 7 aliphatic carbocycles. The molecule has 0 aliphatic heterocycles. The van der Waals surface area contributed by atoms with Crippen LogP contribution >= 0.6 is 0 Å². The first-order valence-electron chi connectivity index (χ1n) is 27.4. The highest BCUT2D eigenvalue weighted by atomic mass is 15.2. The van der Waals surface area contributed by atoms with Gasteiger partial charge in [0.1, 0.15) is 0 Å². The highest BCUT2D eigenvalue weighted by Gasteiger charge is 2.38. The second-order valence-corrected chi connectivity index (χ2v) is 21.9. The number of nitrogens with zero attached hydrogens (tertiary/aromatic N) is 2. The Morgan fingerprint density at radius 2 is 0.831 bits per heavy atom. The van der Waals surface area contributed by atoms with Gasteiger partial charge in [0.25, 0.3) is 0 Å². The summed E-state index contributed by atoms with van der Waals surface area (Å²) in [4.78, 5) is 5.17. The summed E-state index contributed by atoms with van der Waals surface area (Å²) < 4.78 is 0. The first kappa shape index (κ1) is 45.5. The molecule has 356 valence electrons. The van der Waals surface area contributed by atoms with E-state index in [4.69, 9.17) is 0 Å². The molecule has 0 radical (unpaired) electrons. The number of benzene rings is 8. The summed E-state index contributed by atoms with van der Waals surface area (Å²) in [5, 5.41) is 0. The maximum Gasteiger partial charge on any atom is 0.0496 e. The molecule has 15 rings (SSSR count). The third kappa shape index (κ3) is 9.05. The summed E-state index contributed by atoms with van der Waals surface area (Å²) in [6, 6.07) is 70.7. The van der Waals surface area contributed by atoms with E-state index in [0.717, 1.165) is 25.7 Å². The van der Waals surface area contributed by atoms with Crippen LogP contribution in [0.15, 0.2) is 182 Å². The van der Waals surface area contributed by atoms with E-state index < -0.39 is 0 Å². The second kappa shape index (κ2) is 19.9. The van der Waals surface area contributed by atoms with E-state index in [2.05, 4.69) is 206 Å². The summed E-state index contributed by atoms with van der Waals surface area (Å²) in [5.74, 6) is 1.33. The zero-order valence-corrected chi connectivity index (χ0v) is 42.2. The van der Waals surface area contributed by atoms with Crippen LogP contribution in [-0.4, -0.2) is 0 Å². The Balaban J connectivity index is 0.966. The number of anilines is 6. The van der Waals surface area contributed by atoms with Crippen molar-refractivity contribution in [3.8, 4) is 22.3 Å². The molecule has 2 nitrogen and oxygen atoms in total. The normalized spacial score (nSPS) is 16.8. The minimum Gasteiger partial charge on any atom is -0.310 e. The number of hydrogen-bond donors (Lipinski definition) is 0. The van der Waals surface area contributed by atoms with Crippen LogP contribution in [-0.2, 0) is 31.1 Å². The van der Waals surface area contributed by atoms with Crippen molar-refractivity contribution in [2.45, 2.75) is 134 Å².